The molecule has 0 aliphatic rings. The molecule has 1 unspecified atom stereocenters. The second kappa shape index (κ2) is 3.23. The maximum atomic E-state index is 11.5. The number of ketones is 1. The first-order chi connectivity index (χ1) is 6.68. The summed E-state index contributed by atoms with van der Waals surface area (Å²) in [4.78, 5) is 18.7. The zero-order valence-electron chi connectivity index (χ0n) is 7.82. The molecular formula is C10H11N3O. The summed E-state index contributed by atoms with van der Waals surface area (Å²) in [7, 11) is 0. The highest BCUT2D eigenvalue weighted by atomic mass is 16.1. The van der Waals surface area contributed by atoms with Gasteiger partial charge in [-0.1, -0.05) is 0 Å². The summed E-state index contributed by atoms with van der Waals surface area (Å²) >= 11 is 0. The number of hydrogen-bond acceptors (Lipinski definition) is 3. The van der Waals surface area contributed by atoms with Gasteiger partial charge in [-0.05, 0) is 19.1 Å². The number of fused-ring (bicyclic) bond motifs is 1. The van der Waals surface area contributed by atoms with Crippen LogP contribution in [0.1, 0.15) is 17.3 Å². The van der Waals surface area contributed by atoms with Gasteiger partial charge in [0.05, 0.1) is 17.1 Å². The fourth-order valence-electron chi connectivity index (χ4n) is 1.33. The SMILES string of the molecule is CC(N)C(=O)c1cnc2cc[nH]c2c1. The lowest BCUT2D eigenvalue weighted by atomic mass is 10.1. The third-order valence-electron chi connectivity index (χ3n) is 2.10. The number of H-pyrrole nitrogens is 1. The Kier molecular flexibility index (Phi) is 2.05. The fourth-order valence-corrected chi connectivity index (χ4v) is 1.33. The Labute approximate surface area is 81.1 Å². The van der Waals surface area contributed by atoms with Crippen molar-refractivity contribution in [3.05, 3.63) is 30.1 Å². The Hall–Kier alpha value is -1.68. The first-order valence-corrected chi connectivity index (χ1v) is 4.41. The molecule has 0 aromatic carbocycles. The minimum absolute atomic E-state index is 0.0889. The number of carbonyl (C=O) groups is 1. The highest BCUT2D eigenvalue weighted by molar-refractivity contribution is 6.01. The van der Waals surface area contributed by atoms with Crippen molar-refractivity contribution in [2.45, 2.75) is 13.0 Å². The number of aromatic nitrogens is 2. The van der Waals surface area contributed by atoms with Crippen molar-refractivity contribution >= 4 is 16.8 Å². The quantitative estimate of drug-likeness (QED) is 0.695. The highest BCUT2D eigenvalue weighted by Crippen LogP contribution is 2.11. The molecular weight excluding hydrogens is 178 g/mol. The van der Waals surface area contributed by atoms with Crippen LogP contribution in [0, 0.1) is 0 Å². The largest absolute Gasteiger partial charge is 0.360 e. The molecule has 0 bridgehead atoms. The maximum Gasteiger partial charge on any atom is 0.180 e. The summed E-state index contributed by atoms with van der Waals surface area (Å²) < 4.78 is 0. The Bertz CT molecular complexity index is 473. The maximum absolute atomic E-state index is 11.5. The second-order valence-electron chi connectivity index (χ2n) is 3.29. The molecule has 4 nitrogen and oxygen atoms in total. The van der Waals surface area contributed by atoms with Crippen LogP contribution in [0.2, 0.25) is 0 Å². The van der Waals surface area contributed by atoms with Crippen LogP contribution in [0.15, 0.2) is 24.5 Å². The van der Waals surface area contributed by atoms with E-state index in [2.05, 4.69) is 9.97 Å². The topological polar surface area (TPSA) is 71.8 Å². The van der Waals surface area contributed by atoms with Gasteiger partial charge in [-0.25, -0.2) is 0 Å². The normalized spacial score (nSPS) is 13.0. The van der Waals surface area contributed by atoms with Crippen LogP contribution < -0.4 is 5.73 Å². The minimum Gasteiger partial charge on any atom is -0.360 e. The summed E-state index contributed by atoms with van der Waals surface area (Å²) in [6.45, 7) is 1.67. The van der Waals surface area contributed by atoms with E-state index >= 15 is 0 Å². The van der Waals surface area contributed by atoms with Crippen molar-refractivity contribution in [1.82, 2.24) is 9.97 Å². The van der Waals surface area contributed by atoms with Crippen LogP contribution in [-0.4, -0.2) is 21.8 Å². The van der Waals surface area contributed by atoms with Crippen molar-refractivity contribution in [3.8, 4) is 0 Å². The molecule has 2 aromatic heterocycles. The van der Waals surface area contributed by atoms with Crippen LogP contribution in [-0.2, 0) is 0 Å². The van der Waals surface area contributed by atoms with Gasteiger partial charge >= 0.3 is 0 Å². The lowest BCUT2D eigenvalue weighted by Crippen LogP contribution is -2.26. The number of pyridine rings is 1. The van der Waals surface area contributed by atoms with E-state index < -0.39 is 6.04 Å². The van der Waals surface area contributed by atoms with Crippen molar-refractivity contribution in [3.63, 3.8) is 0 Å². The van der Waals surface area contributed by atoms with Crippen molar-refractivity contribution < 1.29 is 4.79 Å². The lowest BCUT2D eigenvalue weighted by molar-refractivity contribution is 0.0968. The molecule has 2 aromatic rings. The number of nitrogens with one attached hydrogen (secondary N) is 1. The number of carbonyl (C=O) groups excluding carboxylic acids is 1. The number of nitrogens with zero attached hydrogens (tertiary/aromatic N) is 1. The number of hydrogen-bond donors (Lipinski definition) is 2. The first kappa shape index (κ1) is 8.90. The standard InChI is InChI=1S/C10H11N3O/c1-6(11)10(14)7-4-9-8(13-5-7)2-3-12-9/h2-6,12H,11H2,1H3. The molecule has 2 rings (SSSR count). The predicted molar refractivity (Wildman–Crippen MR) is 54.1 cm³/mol. The molecule has 0 radical (unpaired) electrons. The van der Waals surface area contributed by atoms with Gasteiger partial charge in [-0.2, -0.15) is 0 Å². The molecule has 0 saturated heterocycles. The zero-order valence-corrected chi connectivity index (χ0v) is 7.82. The van der Waals surface area contributed by atoms with E-state index in [0.717, 1.165) is 11.0 Å². The van der Waals surface area contributed by atoms with Gasteiger partial charge in [0.2, 0.25) is 0 Å². The molecule has 0 aliphatic heterocycles. The van der Waals surface area contributed by atoms with Crippen LogP contribution >= 0.6 is 0 Å². The molecule has 4 heteroatoms. The average molecular weight is 189 g/mol. The number of nitrogens with two attached hydrogens (primary N) is 1. The number of aromatic amines is 1. The van der Waals surface area contributed by atoms with Crippen molar-refractivity contribution in [2.75, 3.05) is 0 Å². The Morgan fingerprint density at radius 1 is 1.64 bits per heavy atom. The van der Waals surface area contributed by atoms with Crippen LogP contribution in [0.5, 0.6) is 0 Å². The molecule has 2 heterocycles. The van der Waals surface area contributed by atoms with Gasteiger partial charge < -0.3 is 10.7 Å². The molecule has 0 spiro atoms. The lowest BCUT2D eigenvalue weighted by Gasteiger charge is -2.03. The Balaban J connectivity index is 2.48. The van der Waals surface area contributed by atoms with E-state index in [0.29, 0.717) is 5.56 Å². The van der Waals surface area contributed by atoms with E-state index in [4.69, 9.17) is 5.73 Å². The summed E-state index contributed by atoms with van der Waals surface area (Å²) in [5.74, 6) is -0.0889. The zero-order chi connectivity index (χ0) is 10.1. The number of rotatable bonds is 2. The van der Waals surface area contributed by atoms with Gasteiger partial charge in [-0.15, -0.1) is 0 Å². The van der Waals surface area contributed by atoms with E-state index in [-0.39, 0.29) is 5.78 Å². The van der Waals surface area contributed by atoms with E-state index in [9.17, 15) is 4.79 Å². The molecule has 14 heavy (non-hydrogen) atoms. The smallest absolute Gasteiger partial charge is 0.180 e. The fraction of sp³-hybridized carbons (Fsp3) is 0.200. The summed E-state index contributed by atoms with van der Waals surface area (Å²) in [6.07, 6.45) is 3.35. The summed E-state index contributed by atoms with van der Waals surface area (Å²) in [6, 6.07) is 3.15. The second-order valence-corrected chi connectivity index (χ2v) is 3.29. The molecule has 0 amide bonds. The van der Waals surface area contributed by atoms with Crippen molar-refractivity contribution in [1.29, 1.82) is 0 Å². The van der Waals surface area contributed by atoms with Crippen molar-refractivity contribution in [2.24, 2.45) is 5.73 Å². The van der Waals surface area contributed by atoms with Gasteiger partial charge in [-0.3, -0.25) is 9.78 Å². The Morgan fingerprint density at radius 3 is 3.14 bits per heavy atom. The Morgan fingerprint density at radius 2 is 2.43 bits per heavy atom. The first-order valence-electron chi connectivity index (χ1n) is 4.41. The third-order valence-corrected chi connectivity index (χ3v) is 2.10. The average Bonchev–Trinajstić information content (AvgIpc) is 2.62. The van der Waals surface area contributed by atoms with Crippen LogP contribution in [0.3, 0.4) is 0 Å². The van der Waals surface area contributed by atoms with Crippen LogP contribution in [0.4, 0.5) is 0 Å². The molecule has 0 fully saturated rings. The van der Waals surface area contributed by atoms with E-state index in [1.54, 1.807) is 25.4 Å². The molecule has 0 aliphatic carbocycles. The molecule has 72 valence electrons. The van der Waals surface area contributed by atoms with Gasteiger partial charge in [0, 0.05) is 18.0 Å². The molecule has 0 saturated carbocycles. The number of Topliss-reactive ketones (excluding diaryl/α,β-unsaturated/α-hetero) is 1. The minimum atomic E-state index is -0.482. The predicted octanol–water partition coefficient (Wildman–Crippen LogP) is 1.09. The molecule has 1 atom stereocenters. The summed E-state index contributed by atoms with van der Waals surface area (Å²) in [5, 5.41) is 0. The van der Waals surface area contributed by atoms with E-state index in [1.807, 2.05) is 6.07 Å². The summed E-state index contributed by atoms with van der Waals surface area (Å²) in [5.41, 5.74) is 7.76. The van der Waals surface area contributed by atoms with Crippen LogP contribution in [0.25, 0.3) is 11.0 Å². The van der Waals surface area contributed by atoms with E-state index in [1.165, 1.54) is 0 Å². The highest BCUT2D eigenvalue weighted by Gasteiger charge is 2.11. The van der Waals surface area contributed by atoms with Gasteiger partial charge in [0.1, 0.15) is 0 Å². The van der Waals surface area contributed by atoms with Gasteiger partial charge in [0.15, 0.2) is 5.78 Å². The third kappa shape index (κ3) is 1.40. The van der Waals surface area contributed by atoms with Gasteiger partial charge in [0.25, 0.3) is 0 Å². The monoisotopic (exact) mass is 189 g/mol. The molecule has 3 N–H and O–H groups in total.